The van der Waals surface area contributed by atoms with E-state index in [0.29, 0.717) is 16.9 Å². The van der Waals surface area contributed by atoms with E-state index in [9.17, 15) is 8.78 Å². The Hall–Kier alpha value is -2.77. The molecule has 0 aliphatic heterocycles. The van der Waals surface area contributed by atoms with Gasteiger partial charge in [0.05, 0.1) is 11.6 Å². The number of nitrogen functional groups attached to an aromatic ring is 1. The van der Waals surface area contributed by atoms with Gasteiger partial charge < -0.3 is 11.1 Å². The quantitative estimate of drug-likeness (QED) is 0.678. The van der Waals surface area contributed by atoms with Gasteiger partial charge in [0, 0.05) is 12.1 Å². The van der Waals surface area contributed by atoms with Crippen LogP contribution in [0.25, 0.3) is 11.0 Å². The number of rotatable bonds is 3. The molecule has 0 spiro atoms. The Labute approximate surface area is 112 Å². The van der Waals surface area contributed by atoms with E-state index in [1.54, 1.807) is 0 Å². The molecule has 1 aromatic carbocycles. The van der Waals surface area contributed by atoms with E-state index in [1.165, 1.54) is 18.3 Å². The van der Waals surface area contributed by atoms with Crippen molar-refractivity contribution in [2.24, 2.45) is 0 Å². The number of nitrogens with two attached hydrogens (primary N) is 1. The van der Waals surface area contributed by atoms with Crippen LogP contribution in [0.1, 0.15) is 5.56 Å². The minimum absolute atomic E-state index is 0.0592. The maximum Gasteiger partial charge on any atom is 0.224 e. The lowest BCUT2D eigenvalue weighted by atomic mass is 10.2. The summed E-state index contributed by atoms with van der Waals surface area (Å²) in [6.07, 6.45) is 1.53. The van der Waals surface area contributed by atoms with E-state index < -0.39 is 11.6 Å². The van der Waals surface area contributed by atoms with Crippen LogP contribution in [0, 0.1) is 11.6 Å². The molecule has 2 heterocycles. The lowest BCUT2D eigenvalue weighted by Gasteiger charge is -2.08. The van der Waals surface area contributed by atoms with Crippen LogP contribution >= 0.6 is 0 Å². The topological polar surface area (TPSA) is 92.5 Å². The van der Waals surface area contributed by atoms with Crippen LogP contribution in [0.4, 0.5) is 20.5 Å². The summed E-state index contributed by atoms with van der Waals surface area (Å²) in [5.74, 6) is -1.31. The first-order chi connectivity index (χ1) is 9.65. The van der Waals surface area contributed by atoms with Crippen LogP contribution in [0.3, 0.4) is 0 Å². The SMILES string of the molecule is Nc1nc(NCc2cccc(F)c2F)c2cn[nH]c2n1. The molecule has 0 radical (unpaired) electrons. The number of hydrogen-bond donors (Lipinski definition) is 3. The third kappa shape index (κ3) is 2.11. The van der Waals surface area contributed by atoms with Crippen molar-refractivity contribution in [3.8, 4) is 0 Å². The molecule has 0 bridgehead atoms. The van der Waals surface area contributed by atoms with Gasteiger partial charge in [0.1, 0.15) is 5.82 Å². The zero-order valence-electron chi connectivity index (χ0n) is 10.2. The fourth-order valence-electron chi connectivity index (χ4n) is 1.85. The summed E-state index contributed by atoms with van der Waals surface area (Å²) < 4.78 is 26.7. The highest BCUT2D eigenvalue weighted by Crippen LogP contribution is 2.20. The molecule has 0 unspecified atom stereocenters. The minimum atomic E-state index is -0.889. The van der Waals surface area contributed by atoms with Crippen molar-refractivity contribution in [1.82, 2.24) is 20.2 Å². The van der Waals surface area contributed by atoms with E-state index in [-0.39, 0.29) is 18.1 Å². The van der Waals surface area contributed by atoms with Gasteiger partial charge in [0.25, 0.3) is 0 Å². The molecule has 0 saturated heterocycles. The number of aromatic nitrogens is 4. The summed E-state index contributed by atoms with van der Waals surface area (Å²) in [7, 11) is 0. The van der Waals surface area contributed by atoms with E-state index in [1.807, 2.05) is 0 Å². The molecule has 2 aromatic heterocycles. The van der Waals surface area contributed by atoms with Crippen LogP contribution in [-0.2, 0) is 6.54 Å². The smallest absolute Gasteiger partial charge is 0.224 e. The molecule has 6 nitrogen and oxygen atoms in total. The molecule has 0 atom stereocenters. The van der Waals surface area contributed by atoms with Crippen LogP contribution in [0.2, 0.25) is 0 Å². The number of H-pyrrole nitrogens is 1. The predicted octanol–water partition coefficient (Wildman–Crippen LogP) is 1.83. The molecule has 8 heteroatoms. The van der Waals surface area contributed by atoms with Gasteiger partial charge in [-0.15, -0.1) is 0 Å². The van der Waals surface area contributed by atoms with E-state index >= 15 is 0 Å². The van der Waals surface area contributed by atoms with Gasteiger partial charge in [0.15, 0.2) is 17.3 Å². The zero-order chi connectivity index (χ0) is 14.1. The van der Waals surface area contributed by atoms with Gasteiger partial charge in [-0.1, -0.05) is 12.1 Å². The molecule has 0 aliphatic rings. The first-order valence-electron chi connectivity index (χ1n) is 5.78. The van der Waals surface area contributed by atoms with Crippen molar-refractivity contribution in [3.63, 3.8) is 0 Å². The van der Waals surface area contributed by atoms with Crippen molar-refractivity contribution in [3.05, 3.63) is 41.6 Å². The summed E-state index contributed by atoms with van der Waals surface area (Å²) in [4.78, 5) is 7.98. The number of nitrogens with zero attached hydrogens (tertiary/aromatic N) is 3. The summed E-state index contributed by atoms with van der Waals surface area (Å²) in [5.41, 5.74) is 6.23. The van der Waals surface area contributed by atoms with Gasteiger partial charge in [-0.2, -0.15) is 15.1 Å². The molecular formula is C12H10F2N6. The molecule has 0 saturated carbocycles. The van der Waals surface area contributed by atoms with Gasteiger partial charge in [-0.25, -0.2) is 8.78 Å². The number of fused-ring (bicyclic) bond motifs is 1. The highest BCUT2D eigenvalue weighted by atomic mass is 19.2. The van der Waals surface area contributed by atoms with E-state index in [0.717, 1.165) is 6.07 Å². The molecular weight excluding hydrogens is 266 g/mol. The number of anilines is 2. The second kappa shape index (κ2) is 4.72. The fraction of sp³-hybridized carbons (Fsp3) is 0.0833. The van der Waals surface area contributed by atoms with Crippen molar-refractivity contribution < 1.29 is 8.78 Å². The minimum Gasteiger partial charge on any atom is -0.368 e. The molecule has 0 aliphatic carbocycles. The standard InChI is InChI=1S/C12H10F2N6/c13-8-3-1-2-6(9(8)14)4-16-10-7-5-17-20-11(7)19-12(15)18-10/h1-3,5H,4H2,(H4,15,16,17,18,19,20). The van der Waals surface area contributed by atoms with Gasteiger partial charge >= 0.3 is 0 Å². The lowest BCUT2D eigenvalue weighted by molar-refractivity contribution is 0.500. The Morgan fingerprint density at radius 2 is 2.10 bits per heavy atom. The largest absolute Gasteiger partial charge is 0.368 e. The van der Waals surface area contributed by atoms with Crippen LogP contribution < -0.4 is 11.1 Å². The Bertz CT molecular complexity index is 770. The van der Waals surface area contributed by atoms with Crippen LogP contribution in [-0.4, -0.2) is 20.2 Å². The summed E-state index contributed by atoms with van der Waals surface area (Å²) in [6.45, 7) is 0.0698. The van der Waals surface area contributed by atoms with Gasteiger partial charge in [-0.3, -0.25) is 5.10 Å². The van der Waals surface area contributed by atoms with E-state index in [4.69, 9.17) is 5.73 Å². The average Bonchev–Trinajstić information content (AvgIpc) is 2.88. The van der Waals surface area contributed by atoms with Crippen molar-refractivity contribution in [2.75, 3.05) is 11.1 Å². The lowest BCUT2D eigenvalue weighted by Crippen LogP contribution is -2.07. The highest BCUT2D eigenvalue weighted by molar-refractivity contribution is 5.86. The Kier molecular flexibility index (Phi) is 2.90. The summed E-state index contributed by atoms with van der Waals surface area (Å²) in [6, 6.07) is 4.00. The van der Waals surface area contributed by atoms with Gasteiger partial charge in [-0.05, 0) is 6.07 Å². The van der Waals surface area contributed by atoms with Gasteiger partial charge in [0.2, 0.25) is 5.95 Å². The molecule has 4 N–H and O–H groups in total. The number of aromatic amines is 1. The van der Waals surface area contributed by atoms with Crippen molar-refractivity contribution >= 4 is 22.8 Å². The third-order valence-corrected chi connectivity index (χ3v) is 2.80. The first-order valence-corrected chi connectivity index (χ1v) is 5.78. The first kappa shape index (κ1) is 12.3. The zero-order valence-corrected chi connectivity index (χ0v) is 10.2. The molecule has 3 rings (SSSR count). The Balaban J connectivity index is 1.90. The van der Waals surface area contributed by atoms with E-state index in [2.05, 4.69) is 25.5 Å². The molecule has 20 heavy (non-hydrogen) atoms. The normalized spacial score (nSPS) is 10.9. The number of benzene rings is 1. The van der Waals surface area contributed by atoms with Crippen LogP contribution in [0.5, 0.6) is 0 Å². The number of halogens is 2. The second-order valence-electron chi connectivity index (χ2n) is 4.13. The summed E-state index contributed by atoms with van der Waals surface area (Å²) in [5, 5.41) is 10.0. The average molecular weight is 276 g/mol. The Morgan fingerprint density at radius 3 is 2.95 bits per heavy atom. The molecule has 3 aromatic rings. The van der Waals surface area contributed by atoms with Crippen LogP contribution in [0.15, 0.2) is 24.4 Å². The number of nitrogens with one attached hydrogen (secondary N) is 2. The molecule has 102 valence electrons. The maximum absolute atomic E-state index is 13.5. The second-order valence-corrected chi connectivity index (χ2v) is 4.13. The number of hydrogen-bond acceptors (Lipinski definition) is 5. The maximum atomic E-state index is 13.5. The monoisotopic (exact) mass is 276 g/mol. The van der Waals surface area contributed by atoms with Crippen molar-refractivity contribution in [1.29, 1.82) is 0 Å². The van der Waals surface area contributed by atoms with Crippen molar-refractivity contribution in [2.45, 2.75) is 6.54 Å². The Morgan fingerprint density at radius 1 is 1.25 bits per heavy atom. The highest BCUT2D eigenvalue weighted by Gasteiger charge is 2.10. The third-order valence-electron chi connectivity index (χ3n) is 2.80. The molecule has 0 amide bonds. The fourth-order valence-corrected chi connectivity index (χ4v) is 1.85. The summed E-state index contributed by atoms with van der Waals surface area (Å²) >= 11 is 0. The predicted molar refractivity (Wildman–Crippen MR) is 69.8 cm³/mol. The molecule has 0 fully saturated rings.